The Hall–Kier alpha value is -2.87. The minimum atomic E-state index is -3.73. The largest absolute Gasteiger partial charge is 0.492 e. The predicted octanol–water partition coefficient (Wildman–Crippen LogP) is 3.33. The molecule has 0 heterocycles. The van der Waals surface area contributed by atoms with Gasteiger partial charge in [-0.2, -0.15) is 0 Å². The molecule has 0 radical (unpaired) electrons. The molecule has 0 bridgehead atoms. The zero-order valence-electron chi connectivity index (χ0n) is 15.2. The lowest BCUT2D eigenvalue weighted by atomic mass is 9.86. The van der Waals surface area contributed by atoms with Crippen molar-refractivity contribution in [2.75, 3.05) is 12.9 Å². The van der Waals surface area contributed by atoms with Crippen molar-refractivity contribution in [3.8, 4) is 16.9 Å². The van der Waals surface area contributed by atoms with Gasteiger partial charge in [0.1, 0.15) is 11.3 Å². The molecule has 0 aliphatic heterocycles. The lowest BCUT2D eigenvalue weighted by Crippen LogP contribution is -2.20. The van der Waals surface area contributed by atoms with Crippen LogP contribution in [0.4, 0.5) is 0 Å². The van der Waals surface area contributed by atoms with Gasteiger partial charge >= 0.3 is 11.9 Å². The third-order valence-corrected chi connectivity index (χ3v) is 5.95. The molecule has 0 aromatic heterocycles. The van der Waals surface area contributed by atoms with E-state index in [4.69, 9.17) is 4.74 Å². The van der Waals surface area contributed by atoms with Crippen LogP contribution in [-0.4, -0.2) is 43.4 Å². The summed E-state index contributed by atoms with van der Waals surface area (Å²) in [6.45, 7) is 0.292. The van der Waals surface area contributed by atoms with Crippen LogP contribution in [0.2, 0.25) is 0 Å². The Bertz CT molecular complexity index is 1040. The molecule has 7 nitrogen and oxygen atoms in total. The van der Waals surface area contributed by atoms with Gasteiger partial charge in [-0.05, 0) is 42.5 Å². The first-order valence-electron chi connectivity index (χ1n) is 8.75. The Balaban J connectivity index is 2.26. The molecule has 148 valence electrons. The standard InChI is InChI=1S/C20H20O7S/c1-28(25,26)13-9-16(14-7-2-3-8-15(14)19(21)22)18(17(10-13)20(23)24)27-11-12-5-4-6-12/h2-3,7-10,12H,4-6,11H2,1H3,(H,21,22)(H,23,24). The molecule has 1 aliphatic rings. The number of rotatable bonds is 7. The van der Waals surface area contributed by atoms with E-state index in [0.717, 1.165) is 31.6 Å². The fraction of sp³-hybridized carbons (Fsp3) is 0.300. The summed E-state index contributed by atoms with van der Waals surface area (Å²) in [4.78, 5) is 23.3. The average molecular weight is 404 g/mol. The van der Waals surface area contributed by atoms with Gasteiger partial charge in [-0.1, -0.05) is 24.6 Å². The van der Waals surface area contributed by atoms with E-state index >= 15 is 0 Å². The molecule has 8 heteroatoms. The first-order valence-corrected chi connectivity index (χ1v) is 10.6. The first-order chi connectivity index (χ1) is 13.2. The summed E-state index contributed by atoms with van der Waals surface area (Å²) in [6, 6.07) is 8.36. The molecule has 2 aromatic rings. The molecular weight excluding hydrogens is 384 g/mol. The number of hydrogen-bond donors (Lipinski definition) is 2. The first kappa shape index (κ1) is 19.9. The van der Waals surface area contributed by atoms with E-state index in [1.807, 2.05) is 0 Å². The smallest absolute Gasteiger partial charge is 0.339 e. The molecule has 28 heavy (non-hydrogen) atoms. The molecule has 1 saturated carbocycles. The average Bonchev–Trinajstić information content (AvgIpc) is 2.59. The van der Waals surface area contributed by atoms with Gasteiger partial charge in [0, 0.05) is 11.8 Å². The van der Waals surface area contributed by atoms with Crippen molar-refractivity contribution in [3.05, 3.63) is 47.5 Å². The number of carboxylic acid groups (broad SMARTS) is 2. The van der Waals surface area contributed by atoms with Crippen LogP contribution in [0, 0.1) is 5.92 Å². The molecule has 1 fully saturated rings. The summed E-state index contributed by atoms with van der Waals surface area (Å²) in [5.74, 6) is -2.26. The second-order valence-electron chi connectivity index (χ2n) is 6.88. The van der Waals surface area contributed by atoms with Crippen LogP contribution >= 0.6 is 0 Å². The van der Waals surface area contributed by atoms with Crippen molar-refractivity contribution in [2.45, 2.75) is 24.2 Å². The van der Waals surface area contributed by atoms with Gasteiger partial charge in [0.15, 0.2) is 9.84 Å². The Morgan fingerprint density at radius 3 is 2.21 bits per heavy atom. The molecule has 0 saturated heterocycles. The zero-order chi connectivity index (χ0) is 20.5. The lowest BCUT2D eigenvalue weighted by molar-refractivity contribution is 0.0683. The SMILES string of the molecule is CS(=O)(=O)c1cc(C(=O)O)c(OCC2CCC2)c(-c2ccccc2C(=O)O)c1. The van der Waals surface area contributed by atoms with Crippen LogP contribution in [0.5, 0.6) is 5.75 Å². The van der Waals surface area contributed by atoms with E-state index in [9.17, 15) is 28.2 Å². The molecule has 0 spiro atoms. The van der Waals surface area contributed by atoms with Crippen LogP contribution in [0.3, 0.4) is 0 Å². The third kappa shape index (κ3) is 4.01. The maximum absolute atomic E-state index is 12.1. The highest BCUT2D eigenvalue weighted by molar-refractivity contribution is 7.90. The van der Waals surface area contributed by atoms with Crippen LogP contribution in [0.15, 0.2) is 41.3 Å². The zero-order valence-corrected chi connectivity index (χ0v) is 16.0. The quantitative estimate of drug-likeness (QED) is 0.726. The fourth-order valence-electron chi connectivity index (χ4n) is 3.10. The van der Waals surface area contributed by atoms with Gasteiger partial charge in [-0.3, -0.25) is 0 Å². The van der Waals surface area contributed by atoms with E-state index in [-0.39, 0.29) is 32.9 Å². The fourth-order valence-corrected chi connectivity index (χ4v) is 3.76. The van der Waals surface area contributed by atoms with Crippen molar-refractivity contribution in [2.24, 2.45) is 5.92 Å². The van der Waals surface area contributed by atoms with Gasteiger partial charge in [-0.15, -0.1) is 0 Å². The number of sulfone groups is 1. The summed E-state index contributed by atoms with van der Waals surface area (Å²) in [5, 5.41) is 19.2. The molecule has 0 atom stereocenters. The molecular formula is C20H20O7S. The van der Waals surface area contributed by atoms with Crippen molar-refractivity contribution < 1.29 is 33.0 Å². The number of aromatic carboxylic acids is 2. The Morgan fingerprint density at radius 2 is 1.68 bits per heavy atom. The van der Waals surface area contributed by atoms with E-state index in [1.54, 1.807) is 12.1 Å². The maximum Gasteiger partial charge on any atom is 0.339 e. The second-order valence-corrected chi connectivity index (χ2v) is 8.90. The predicted molar refractivity (Wildman–Crippen MR) is 102 cm³/mol. The molecule has 0 unspecified atom stereocenters. The second kappa shape index (κ2) is 7.63. The van der Waals surface area contributed by atoms with Crippen LogP contribution in [0.1, 0.15) is 40.0 Å². The van der Waals surface area contributed by atoms with Crippen LogP contribution < -0.4 is 4.74 Å². The maximum atomic E-state index is 12.1. The summed E-state index contributed by atoms with van der Waals surface area (Å²) >= 11 is 0. The van der Waals surface area contributed by atoms with Crippen molar-refractivity contribution in [1.29, 1.82) is 0 Å². The molecule has 2 aromatic carbocycles. The minimum absolute atomic E-state index is 0.0134. The Kier molecular flexibility index (Phi) is 5.42. The summed E-state index contributed by atoms with van der Waals surface area (Å²) < 4.78 is 30.0. The molecule has 2 N–H and O–H groups in total. The Morgan fingerprint density at radius 1 is 1.04 bits per heavy atom. The number of carboxylic acids is 2. The third-order valence-electron chi connectivity index (χ3n) is 4.86. The van der Waals surface area contributed by atoms with Crippen LogP contribution in [0.25, 0.3) is 11.1 Å². The normalized spacial score (nSPS) is 14.3. The van der Waals surface area contributed by atoms with Gasteiger partial charge in [0.25, 0.3) is 0 Å². The van der Waals surface area contributed by atoms with Gasteiger partial charge in [0.05, 0.1) is 17.1 Å². The van der Waals surface area contributed by atoms with E-state index < -0.39 is 21.8 Å². The highest BCUT2D eigenvalue weighted by Crippen LogP contribution is 2.39. The van der Waals surface area contributed by atoms with Crippen molar-refractivity contribution in [3.63, 3.8) is 0 Å². The molecule has 1 aliphatic carbocycles. The van der Waals surface area contributed by atoms with Gasteiger partial charge in [0.2, 0.25) is 0 Å². The highest BCUT2D eigenvalue weighted by Gasteiger charge is 2.26. The number of ether oxygens (including phenoxy) is 1. The van der Waals surface area contributed by atoms with Crippen LogP contribution in [-0.2, 0) is 9.84 Å². The molecule has 3 rings (SSSR count). The Labute approximate surface area is 162 Å². The summed E-state index contributed by atoms with van der Waals surface area (Å²) in [5.41, 5.74) is -0.0420. The highest BCUT2D eigenvalue weighted by atomic mass is 32.2. The summed E-state index contributed by atoms with van der Waals surface area (Å²) in [7, 11) is -3.73. The summed E-state index contributed by atoms with van der Waals surface area (Å²) in [6.07, 6.45) is 4.01. The lowest BCUT2D eigenvalue weighted by Gasteiger charge is -2.26. The van der Waals surface area contributed by atoms with E-state index in [0.29, 0.717) is 12.5 Å². The molecule has 0 amide bonds. The van der Waals surface area contributed by atoms with Crippen molar-refractivity contribution >= 4 is 21.8 Å². The van der Waals surface area contributed by atoms with E-state index in [2.05, 4.69) is 0 Å². The monoisotopic (exact) mass is 404 g/mol. The van der Waals surface area contributed by atoms with Gasteiger partial charge in [-0.25, -0.2) is 18.0 Å². The van der Waals surface area contributed by atoms with E-state index in [1.165, 1.54) is 18.2 Å². The van der Waals surface area contributed by atoms with Gasteiger partial charge < -0.3 is 14.9 Å². The number of benzene rings is 2. The number of hydrogen-bond acceptors (Lipinski definition) is 5. The van der Waals surface area contributed by atoms with Crippen molar-refractivity contribution in [1.82, 2.24) is 0 Å². The topological polar surface area (TPSA) is 118 Å². The minimum Gasteiger partial charge on any atom is -0.492 e. The number of carbonyl (C=O) groups is 2.